The summed E-state index contributed by atoms with van der Waals surface area (Å²) < 4.78 is 23.0. The van der Waals surface area contributed by atoms with Crippen molar-refractivity contribution in [2.75, 3.05) is 47.5 Å². The average molecular weight is 1430 g/mol. The molecule has 2 unspecified atom stereocenters. The number of carboxylic acid groups (broad SMARTS) is 1. The number of ether oxygens (including phenoxy) is 4. The van der Waals surface area contributed by atoms with E-state index in [1.54, 1.807) is 0 Å². The first-order valence-electron chi connectivity index (χ1n) is 42.6. The Morgan fingerprint density at radius 2 is 0.553 bits per heavy atom. The number of nitrogens with zero attached hydrogens (tertiary/aromatic N) is 1. The van der Waals surface area contributed by atoms with E-state index in [1.165, 1.54) is 218 Å². The molecule has 0 aromatic carbocycles. The number of likely N-dealkylation sites (N-methyl/N-ethyl adjacent to an activating group) is 1. The third kappa shape index (κ3) is 84.1. The van der Waals surface area contributed by atoms with Crippen molar-refractivity contribution in [3.8, 4) is 0 Å². The summed E-state index contributed by atoms with van der Waals surface area (Å²) in [4.78, 5) is 37.8. The second-order valence-corrected chi connectivity index (χ2v) is 29.4. The van der Waals surface area contributed by atoms with Gasteiger partial charge in [-0.15, -0.1) is 0 Å². The molecule has 9 nitrogen and oxygen atoms in total. The molecule has 0 aliphatic carbocycles. The fraction of sp³-hybridized carbons (Fsp3) is 0.691. The number of carboxylic acids is 1. The van der Waals surface area contributed by atoms with Crippen LogP contribution in [0.1, 0.15) is 361 Å². The van der Waals surface area contributed by atoms with Crippen molar-refractivity contribution in [3.63, 3.8) is 0 Å². The molecule has 103 heavy (non-hydrogen) atoms. The molecule has 0 aliphatic heterocycles. The van der Waals surface area contributed by atoms with E-state index < -0.39 is 24.3 Å². The molecule has 1 N–H and O–H groups in total. The molecule has 588 valence electrons. The van der Waals surface area contributed by atoms with Crippen LogP contribution < -0.4 is 0 Å². The van der Waals surface area contributed by atoms with Gasteiger partial charge in [0.2, 0.25) is 0 Å². The number of aliphatic carboxylic acids is 1. The highest BCUT2D eigenvalue weighted by atomic mass is 16.7. The number of carbonyl (C=O) groups is 3. The second-order valence-electron chi connectivity index (χ2n) is 29.4. The number of unbranched alkanes of at least 4 members (excludes halogenated alkanes) is 37. The minimum Gasteiger partial charge on any atom is -0.477 e. The SMILES string of the molecule is CC/C=C\C/C=C\C/C=C\C/C=C\C/C=C\C/C=C\C/C=C\C/C=C\C/C=C\C/C=C\C/C=C\C/C=C\CCCCC(=O)OC(COC(=O)CCCCCCCCCCCCCCCCCCCCCCCCCCCCC/C=C\CCCCCCCCCC)COC(OCC[N+](C)(C)C)C(=O)O. The lowest BCUT2D eigenvalue weighted by molar-refractivity contribution is -0.870. The molecule has 2 atom stereocenters. The Kier molecular flexibility index (Phi) is 78.5. The van der Waals surface area contributed by atoms with Gasteiger partial charge < -0.3 is 28.5 Å². The van der Waals surface area contributed by atoms with Crippen LogP contribution in [0.25, 0.3) is 0 Å². The highest BCUT2D eigenvalue weighted by molar-refractivity contribution is 5.71. The number of hydrogen-bond donors (Lipinski definition) is 1. The maximum atomic E-state index is 13.0. The van der Waals surface area contributed by atoms with Gasteiger partial charge in [0.25, 0.3) is 6.29 Å². The second kappa shape index (κ2) is 82.6. The topological polar surface area (TPSA) is 108 Å². The largest absolute Gasteiger partial charge is 0.477 e. The third-order valence-electron chi connectivity index (χ3n) is 18.3. The van der Waals surface area contributed by atoms with Crippen LogP contribution in [-0.2, 0) is 33.3 Å². The minimum absolute atomic E-state index is 0.173. The van der Waals surface area contributed by atoms with E-state index in [2.05, 4.69) is 172 Å². The van der Waals surface area contributed by atoms with E-state index in [9.17, 15) is 19.5 Å². The molecular weight excluding hydrogens is 1270 g/mol. The summed E-state index contributed by atoms with van der Waals surface area (Å²) in [6.07, 6.45) is 120. The van der Waals surface area contributed by atoms with E-state index in [0.29, 0.717) is 17.4 Å². The summed E-state index contributed by atoms with van der Waals surface area (Å²) in [7, 11) is 5.96. The Labute approximate surface area is 635 Å². The van der Waals surface area contributed by atoms with E-state index >= 15 is 0 Å². The molecule has 0 aromatic rings. The maximum Gasteiger partial charge on any atom is 0.361 e. The molecule has 0 aromatic heterocycles. The monoisotopic (exact) mass is 1430 g/mol. The van der Waals surface area contributed by atoms with E-state index in [1.807, 2.05) is 21.1 Å². The van der Waals surface area contributed by atoms with Crippen molar-refractivity contribution in [2.24, 2.45) is 0 Å². The standard InChI is InChI=1S/C94H159NO8/c1-6-8-10-12-14-16-18-20-22-24-26-28-30-32-34-36-38-40-42-44-46-48-50-52-54-56-58-60-62-64-66-68-70-72-74-76-78-80-82-84-91(96)101-88-90(89-102-94(93(98)99)100-87-86-95(3,4)5)103-92(97)85-83-81-79-77-75-73-71-69-67-65-63-61-59-57-55-53-51-49-47-45-43-41-39-37-35-33-31-29-27-25-23-21-19-17-15-13-11-9-7-2/h9,11,15,17,21,23-24,26-27,29,33,35,39,41,45,47,51,53,57,59,63,65,69,71,75,77,90,94H,6-8,10,12-14,16,18-20,22,25,28,30-32,34,36-38,40,42-44,46,48-50,52,54-56,58,60-62,64,66-68,70,72-74,76,78-89H2,1-5H3/p+1/b11-9-,17-15-,23-21-,26-24-,29-27-,35-33-,41-39-,47-45-,53-51-,59-57-,65-63-,71-69-,77-75-. The maximum absolute atomic E-state index is 13.0. The highest BCUT2D eigenvalue weighted by Gasteiger charge is 2.25. The first-order valence-corrected chi connectivity index (χ1v) is 42.6. The lowest BCUT2D eigenvalue weighted by atomic mass is 10.0. The minimum atomic E-state index is -1.53. The number of carbonyl (C=O) groups excluding carboxylic acids is 2. The smallest absolute Gasteiger partial charge is 0.361 e. The fourth-order valence-corrected chi connectivity index (χ4v) is 11.8. The molecule has 0 saturated heterocycles. The van der Waals surface area contributed by atoms with Gasteiger partial charge in [-0.05, 0) is 128 Å². The Morgan fingerprint density at radius 3 is 0.854 bits per heavy atom. The van der Waals surface area contributed by atoms with Crippen molar-refractivity contribution in [1.82, 2.24) is 0 Å². The Morgan fingerprint density at radius 1 is 0.301 bits per heavy atom. The van der Waals surface area contributed by atoms with Gasteiger partial charge in [-0.2, -0.15) is 0 Å². The molecule has 9 heteroatoms. The predicted molar refractivity (Wildman–Crippen MR) is 447 cm³/mol. The van der Waals surface area contributed by atoms with Gasteiger partial charge in [0.15, 0.2) is 6.10 Å². The lowest BCUT2D eigenvalue weighted by Crippen LogP contribution is -2.40. The molecule has 0 rings (SSSR count). The quantitative estimate of drug-likeness (QED) is 0.0211. The molecule has 0 saturated carbocycles. The first kappa shape index (κ1) is 97.9. The van der Waals surface area contributed by atoms with E-state index in [0.717, 1.165) is 109 Å². The number of allylic oxidation sites excluding steroid dienone is 26. The van der Waals surface area contributed by atoms with Gasteiger partial charge in [0.05, 0.1) is 34.4 Å². The van der Waals surface area contributed by atoms with E-state index in [4.69, 9.17) is 18.9 Å². The fourth-order valence-electron chi connectivity index (χ4n) is 11.8. The van der Waals surface area contributed by atoms with Gasteiger partial charge in [-0.3, -0.25) is 9.59 Å². The first-order chi connectivity index (χ1) is 50.6. The van der Waals surface area contributed by atoms with Crippen LogP contribution in [0, 0.1) is 0 Å². The van der Waals surface area contributed by atoms with E-state index in [-0.39, 0.29) is 38.6 Å². The normalized spacial score (nSPS) is 13.4. The zero-order valence-electron chi connectivity index (χ0n) is 67.4. The molecule has 0 bridgehead atoms. The molecule has 0 spiro atoms. The van der Waals surface area contributed by atoms with Crippen molar-refractivity contribution >= 4 is 17.9 Å². The van der Waals surface area contributed by atoms with Gasteiger partial charge in [-0.25, -0.2) is 4.79 Å². The zero-order chi connectivity index (χ0) is 74.6. The van der Waals surface area contributed by atoms with Gasteiger partial charge >= 0.3 is 17.9 Å². The Bertz CT molecular complexity index is 2270. The van der Waals surface area contributed by atoms with Crippen LogP contribution in [0.15, 0.2) is 158 Å². The van der Waals surface area contributed by atoms with Crippen molar-refractivity contribution < 1.29 is 42.9 Å². The molecule has 0 aliphatic rings. The zero-order valence-corrected chi connectivity index (χ0v) is 67.4. The van der Waals surface area contributed by atoms with Crippen molar-refractivity contribution in [2.45, 2.75) is 373 Å². The number of quaternary nitrogens is 1. The van der Waals surface area contributed by atoms with Crippen LogP contribution >= 0.6 is 0 Å². The Hall–Kier alpha value is -5.09. The summed E-state index contributed by atoms with van der Waals surface area (Å²) in [5.41, 5.74) is 0. The molecule has 0 amide bonds. The van der Waals surface area contributed by atoms with Crippen LogP contribution in [0.5, 0.6) is 0 Å². The summed E-state index contributed by atoms with van der Waals surface area (Å²) in [6, 6.07) is 0. The van der Waals surface area contributed by atoms with Crippen LogP contribution in [0.3, 0.4) is 0 Å². The molecule has 0 fully saturated rings. The van der Waals surface area contributed by atoms with Crippen LogP contribution in [-0.4, -0.2) is 87.4 Å². The van der Waals surface area contributed by atoms with Crippen LogP contribution in [0.2, 0.25) is 0 Å². The Balaban J connectivity index is 4.10. The summed E-state index contributed by atoms with van der Waals surface area (Å²) in [6.45, 7) is 4.73. The molecule has 0 radical (unpaired) electrons. The molecular formula is C94H160NO8+. The highest BCUT2D eigenvalue weighted by Crippen LogP contribution is 2.19. The lowest BCUT2D eigenvalue weighted by Gasteiger charge is -2.25. The number of rotatable bonds is 78. The van der Waals surface area contributed by atoms with Gasteiger partial charge in [0, 0.05) is 12.8 Å². The molecule has 0 heterocycles. The van der Waals surface area contributed by atoms with Gasteiger partial charge in [0.1, 0.15) is 13.2 Å². The average Bonchev–Trinajstić information content (AvgIpc) is 0.985. The number of esters is 2. The summed E-state index contributed by atoms with van der Waals surface area (Å²) >= 11 is 0. The predicted octanol–water partition coefficient (Wildman–Crippen LogP) is 27.9. The summed E-state index contributed by atoms with van der Waals surface area (Å²) in [5.74, 6) is -2.06. The number of hydrogen-bond acceptors (Lipinski definition) is 7. The summed E-state index contributed by atoms with van der Waals surface area (Å²) in [5, 5.41) is 9.78. The third-order valence-corrected chi connectivity index (χ3v) is 18.3. The van der Waals surface area contributed by atoms with Gasteiger partial charge in [-0.1, -0.05) is 377 Å². The van der Waals surface area contributed by atoms with Crippen LogP contribution in [0.4, 0.5) is 0 Å². The van der Waals surface area contributed by atoms with Crippen molar-refractivity contribution in [1.29, 1.82) is 0 Å². The van der Waals surface area contributed by atoms with Crippen molar-refractivity contribution in [3.05, 3.63) is 158 Å².